The fraction of sp³-hybridized carbons (Fsp3) is 0.200. The lowest BCUT2D eigenvalue weighted by Gasteiger charge is -2.11. The first-order valence-electron chi connectivity index (χ1n) is 5.61. The van der Waals surface area contributed by atoms with Gasteiger partial charge in [0.2, 0.25) is 15.9 Å². The first-order valence-corrected chi connectivity index (χ1v) is 7.16. The highest BCUT2D eigenvalue weighted by atomic mass is 32.2. The van der Waals surface area contributed by atoms with E-state index < -0.39 is 15.9 Å². The third kappa shape index (κ3) is 3.73. The summed E-state index contributed by atoms with van der Waals surface area (Å²) in [4.78, 5) is 11.7. The normalized spacial score (nSPS) is 11.1. The Morgan fingerprint density at radius 2 is 2.24 bits per heavy atom. The van der Waals surface area contributed by atoms with Gasteiger partial charge in [0.05, 0.1) is 17.7 Å². The van der Waals surface area contributed by atoms with E-state index in [-0.39, 0.29) is 17.1 Å². The molecule has 21 heavy (non-hydrogen) atoms. The number of methoxy groups -OCH3 is 1. The number of ether oxygens (including phenoxy) is 1. The van der Waals surface area contributed by atoms with E-state index in [0.29, 0.717) is 5.75 Å². The number of rotatable bonds is 5. The van der Waals surface area contributed by atoms with Crippen molar-refractivity contribution >= 4 is 21.6 Å². The Hall–Kier alpha value is -2.53. The van der Waals surface area contributed by atoms with Crippen LogP contribution in [0.25, 0.3) is 0 Å². The molecule has 0 atom stereocenters. The molecule has 2 rings (SSSR count). The van der Waals surface area contributed by atoms with Gasteiger partial charge in [0.15, 0.2) is 0 Å². The smallest absolute Gasteiger partial charge is 0.246 e. The fourth-order valence-electron chi connectivity index (χ4n) is 1.55. The summed E-state index contributed by atoms with van der Waals surface area (Å²) in [7, 11) is -2.49. The highest BCUT2D eigenvalue weighted by Gasteiger charge is 2.14. The van der Waals surface area contributed by atoms with Crippen LogP contribution in [0, 0.1) is 0 Å². The Labute approximate surface area is 119 Å². The maximum Gasteiger partial charge on any atom is 0.246 e. The first-order chi connectivity index (χ1) is 9.90. The zero-order chi connectivity index (χ0) is 15.5. The Morgan fingerprint density at radius 3 is 2.81 bits per heavy atom. The summed E-state index contributed by atoms with van der Waals surface area (Å²) in [6, 6.07) is 3.89. The minimum Gasteiger partial charge on any atom is -0.495 e. The summed E-state index contributed by atoms with van der Waals surface area (Å²) >= 11 is 0. The number of primary sulfonamides is 1. The van der Waals surface area contributed by atoms with E-state index in [1.54, 1.807) is 0 Å². The van der Waals surface area contributed by atoms with Crippen molar-refractivity contribution in [3.8, 4) is 5.75 Å². The highest BCUT2D eigenvalue weighted by Crippen LogP contribution is 2.27. The van der Waals surface area contributed by atoms with E-state index in [9.17, 15) is 13.2 Å². The van der Waals surface area contributed by atoms with Gasteiger partial charge in [-0.15, -0.1) is 5.10 Å². The molecule has 0 bridgehead atoms. The van der Waals surface area contributed by atoms with Crippen molar-refractivity contribution in [1.82, 2.24) is 20.2 Å². The molecule has 10 nitrogen and oxygen atoms in total. The van der Waals surface area contributed by atoms with E-state index in [1.807, 2.05) is 0 Å². The van der Waals surface area contributed by atoms with Gasteiger partial charge in [-0.2, -0.15) is 0 Å². The molecule has 1 aromatic heterocycles. The molecule has 2 aromatic rings. The maximum atomic E-state index is 11.8. The molecule has 11 heteroatoms. The number of amides is 1. The molecule has 1 heterocycles. The first kappa shape index (κ1) is 14.9. The number of nitrogens with two attached hydrogens (primary N) is 1. The summed E-state index contributed by atoms with van der Waals surface area (Å²) < 4.78 is 28.9. The van der Waals surface area contributed by atoms with Crippen LogP contribution < -0.4 is 15.2 Å². The van der Waals surface area contributed by atoms with Crippen LogP contribution in [0.4, 0.5) is 5.69 Å². The van der Waals surface area contributed by atoms with Crippen molar-refractivity contribution in [2.75, 3.05) is 12.4 Å². The molecule has 3 N–H and O–H groups in total. The highest BCUT2D eigenvalue weighted by molar-refractivity contribution is 7.89. The van der Waals surface area contributed by atoms with Gasteiger partial charge in [-0.3, -0.25) is 4.79 Å². The quantitative estimate of drug-likeness (QED) is 0.718. The van der Waals surface area contributed by atoms with Crippen LogP contribution in [0.3, 0.4) is 0 Å². The molecule has 0 aliphatic heterocycles. The molecule has 0 radical (unpaired) electrons. The van der Waals surface area contributed by atoms with Crippen molar-refractivity contribution in [2.45, 2.75) is 11.4 Å². The summed E-state index contributed by atoms with van der Waals surface area (Å²) in [6.45, 7) is -0.129. The van der Waals surface area contributed by atoms with Crippen LogP contribution in [-0.4, -0.2) is 41.6 Å². The molecule has 0 fully saturated rings. The lowest BCUT2D eigenvalue weighted by molar-refractivity contribution is -0.116. The van der Waals surface area contributed by atoms with E-state index in [1.165, 1.54) is 36.3 Å². The van der Waals surface area contributed by atoms with Crippen LogP contribution in [0.5, 0.6) is 5.75 Å². The van der Waals surface area contributed by atoms with Gasteiger partial charge in [0.1, 0.15) is 18.6 Å². The number of hydrogen-bond acceptors (Lipinski definition) is 7. The average Bonchev–Trinajstić information content (AvgIpc) is 2.90. The monoisotopic (exact) mass is 312 g/mol. The third-order valence-electron chi connectivity index (χ3n) is 2.47. The zero-order valence-electron chi connectivity index (χ0n) is 10.9. The summed E-state index contributed by atoms with van der Waals surface area (Å²) in [5.74, 6) is -0.153. The molecule has 0 spiro atoms. The van der Waals surface area contributed by atoms with Gasteiger partial charge in [-0.1, -0.05) is 0 Å². The van der Waals surface area contributed by atoms with Gasteiger partial charge >= 0.3 is 0 Å². The second-order valence-corrected chi connectivity index (χ2v) is 5.52. The largest absolute Gasteiger partial charge is 0.495 e. The Bertz CT molecular complexity index is 743. The minimum absolute atomic E-state index is 0.129. The molecule has 0 saturated carbocycles. The molecule has 1 aromatic carbocycles. The summed E-state index contributed by atoms with van der Waals surface area (Å²) in [5.41, 5.74) is 0.182. The van der Waals surface area contributed by atoms with Crippen molar-refractivity contribution in [3.05, 3.63) is 24.5 Å². The molecule has 0 unspecified atom stereocenters. The van der Waals surface area contributed by atoms with Gasteiger partial charge < -0.3 is 10.1 Å². The predicted molar refractivity (Wildman–Crippen MR) is 70.8 cm³/mol. The van der Waals surface area contributed by atoms with Crippen molar-refractivity contribution in [1.29, 1.82) is 0 Å². The van der Waals surface area contributed by atoms with Crippen molar-refractivity contribution in [3.63, 3.8) is 0 Å². The number of nitrogens with zero attached hydrogens (tertiary/aromatic N) is 4. The number of nitrogens with one attached hydrogen (secondary N) is 1. The fourth-order valence-corrected chi connectivity index (χ4v) is 2.09. The average molecular weight is 312 g/mol. The lowest BCUT2D eigenvalue weighted by Crippen LogP contribution is -2.20. The number of hydrogen-bond donors (Lipinski definition) is 2. The van der Waals surface area contributed by atoms with Crippen LogP contribution in [-0.2, 0) is 21.4 Å². The number of sulfonamides is 1. The second kappa shape index (κ2) is 5.85. The number of aromatic nitrogens is 4. The van der Waals surface area contributed by atoms with Gasteiger partial charge in [-0.05, 0) is 28.6 Å². The SMILES string of the molecule is COc1ccc(S(N)(=O)=O)cc1NC(=O)Cn1cnnn1. The molecular weight excluding hydrogens is 300 g/mol. The molecule has 0 aliphatic carbocycles. The predicted octanol–water partition coefficient (Wildman–Crippen LogP) is -1.03. The number of carbonyl (C=O) groups excluding carboxylic acids is 1. The third-order valence-corrected chi connectivity index (χ3v) is 3.38. The van der Waals surface area contributed by atoms with Gasteiger partial charge in [-0.25, -0.2) is 18.2 Å². The molecule has 1 amide bonds. The number of carbonyl (C=O) groups is 1. The van der Waals surface area contributed by atoms with E-state index in [0.717, 1.165) is 0 Å². The summed E-state index contributed by atoms with van der Waals surface area (Å²) in [6.07, 6.45) is 1.28. The number of benzene rings is 1. The summed E-state index contributed by atoms with van der Waals surface area (Å²) in [5, 5.41) is 17.9. The van der Waals surface area contributed by atoms with Crippen molar-refractivity contribution < 1.29 is 17.9 Å². The Balaban J connectivity index is 2.23. The number of tetrazole rings is 1. The molecule has 112 valence electrons. The van der Waals surface area contributed by atoms with E-state index in [4.69, 9.17) is 9.88 Å². The Kier molecular flexibility index (Phi) is 4.14. The number of anilines is 1. The lowest BCUT2D eigenvalue weighted by atomic mass is 10.3. The maximum absolute atomic E-state index is 11.8. The van der Waals surface area contributed by atoms with Crippen LogP contribution in [0.2, 0.25) is 0 Å². The second-order valence-electron chi connectivity index (χ2n) is 3.96. The van der Waals surface area contributed by atoms with Crippen LogP contribution in [0.1, 0.15) is 0 Å². The minimum atomic E-state index is -3.88. The van der Waals surface area contributed by atoms with Crippen LogP contribution >= 0.6 is 0 Å². The standard InChI is InChI=1S/C10H12N6O4S/c1-20-9-3-2-7(21(11,18)19)4-8(9)13-10(17)5-16-6-12-14-15-16/h2-4,6H,5H2,1H3,(H,13,17)(H2,11,18,19). The van der Waals surface area contributed by atoms with E-state index >= 15 is 0 Å². The van der Waals surface area contributed by atoms with Gasteiger partial charge in [0, 0.05) is 0 Å². The topological polar surface area (TPSA) is 142 Å². The Morgan fingerprint density at radius 1 is 1.48 bits per heavy atom. The van der Waals surface area contributed by atoms with Crippen LogP contribution in [0.15, 0.2) is 29.4 Å². The molecule has 0 aliphatic rings. The van der Waals surface area contributed by atoms with Crippen molar-refractivity contribution in [2.24, 2.45) is 5.14 Å². The van der Waals surface area contributed by atoms with Gasteiger partial charge in [0.25, 0.3) is 0 Å². The zero-order valence-corrected chi connectivity index (χ0v) is 11.7. The molecule has 0 saturated heterocycles. The van der Waals surface area contributed by atoms with E-state index in [2.05, 4.69) is 20.8 Å². The molecular formula is C10H12N6O4S.